The van der Waals surface area contributed by atoms with Gasteiger partial charge in [-0.1, -0.05) is 24.7 Å². The first kappa shape index (κ1) is 25.2. The Morgan fingerprint density at radius 1 is 1.17 bits per heavy atom. The van der Waals surface area contributed by atoms with Crippen molar-refractivity contribution in [2.45, 2.75) is 59.1 Å². The lowest BCUT2D eigenvalue weighted by molar-refractivity contribution is 0.0391. The van der Waals surface area contributed by atoms with Gasteiger partial charge >= 0.3 is 6.55 Å². The molecule has 4 rings (SSSR count). The highest BCUT2D eigenvalue weighted by Crippen LogP contribution is 2.32. The number of carbonyl (C=O) groups is 1. The second kappa shape index (κ2) is 9.63. The quantitative estimate of drug-likeness (QED) is 0.243. The lowest BCUT2D eigenvalue weighted by Crippen LogP contribution is -2.28. The molecule has 0 aliphatic heterocycles. The van der Waals surface area contributed by atoms with Gasteiger partial charge in [0.1, 0.15) is 23.9 Å². The lowest BCUT2D eigenvalue weighted by Gasteiger charge is -2.23. The minimum absolute atomic E-state index is 0.000371. The maximum absolute atomic E-state index is 14.0. The largest absolute Gasteiger partial charge is 0.470 e. The summed E-state index contributed by atoms with van der Waals surface area (Å²) in [7, 11) is 0. The number of tetrazole rings is 1. The van der Waals surface area contributed by atoms with Crippen LogP contribution in [0.4, 0.5) is 17.6 Å². The number of alkyl halides is 2. The zero-order chi connectivity index (χ0) is 26.2. The number of rotatable bonds is 9. The van der Waals surface area contributed by atoms with Crippen LogP contribution in [-0.4, -0.2) is 40.4 Å². The van der Waals surface area contributed by atoms with Crippen LogP contribution >= 0.6 is 0 Å². The molecule has 0 spiro atoms. The average Bonchev–Trinajstić information content (AvgIpc) is 3.44. The number of aromatic nitrogens is 7. The fourth-order valence-electron chi connectivity index (χ4n) is 3.84. The number of nitrogens with zero attached hydrogens (tertiary/aromatic N) is 7. The first-order valence-electron chi connectivity index (χ1n) is 11.1. The highest BCUT2D eigenvalue weighted by atomic mass is 19.3. The van der Waals surface area contributed by atoms with E-state index in [4.69, 9.17) is 4.74 Å². The molecule has 0 saturated heterocycles. The lowest BCUT2D eigenvalue weighted by atomic mass is 9.81. The maximum atomic E-state index is 14.0. The molecule has 0 N–H and O–H groups in total. The molecule has 0 fully saturated rings. The highest BCUT2D eigenvalue weighted by Gasteiger charge is 2.35. The van der Waals surface area contributed by atoms with Crippen molar-refractivity contribution in [1.29, 1.82) is 0 Å². The monoisotopic (exact) mass is 505 g/mol. The van der Waals surface area contributed by atoms with Crippen LogP contribution in [0.2, 0.25) is 0 Å². The van der Waals surface area contributed by atoms with Crippen LogP contribution in [0, 0.1) is 25.5 Å². The van der Waals surface area contributed by atoms with Gasteiger partial charge in [0.15, 0.2) is 11.6 Å². The minimum Gasteiger partial charge on any atom is -0.470 e. The molecule has 13 heteroatoms. The smallest absolute Gasteiger partial charge is 0.350 e. The molecular formula is C23H23F4N7O2. The maximum Gasteiger partial charge on any atom is 0.350 e. The van der Waals surface area contributed by atoms with Crippen LogP contribution in [0.1, 0.15) is 66.5 Å². The third-order valence-corrected chi connectivity index (χ3v) is 6.02. The van der Waals surface area contributed by atoms with Gasteiger partial charge in [0.2, 0.25) is 5.65 Å². The summed E-state index contributed by atoms with van der Waals surface area (Å²) >= 11 is 0. The summed E-state index contributed by atoms with van der Waals surface area (Å²) in [6, 6.07) is 3.49. The average molecular weight is 505 g/mol. The van der Waals surface area contributed by atoms with Crippen molar-refractivity contribution < 1.29 is 27.1 Å². The van der Waals surface area contributed by atoms with E-state index in [1.807, 2.05) is 0 Å². The zero-order valence-electron chi connectivity index (χ0n) is 20.0. The Morgan fingerprint density at radius 3 is 2.47 bits per heavy atom. The fourth-order valence-corrected chi connectivity index (χ4v) is 3.84. The summed E-state index contributed by atoms with van der Waals surface area (Å²) in [6.07, 6.45) is 1.87. The van der Waals surface area contributed by atoms with E-state index in [-0.39, 0.29) is 45.6 Å². The van der Waals surface area contributed by atoms with E-state index in [0.717, 1.165) is 12.1 Å². The van der Waals surface area contributed by atoms with E-state index in [1.54, 1.807) is 33.9 Å². The number of ether oxygens (including phenoxy) is 1. The summed E-state index contributed by atoms with van der Waals surface area (Å²) in [5.41, 5.74) is 0.0396. The molecule has 9 nitrogen and oxygen atoms in total. The van der Waals surface area contributed by atoms with Crippen molar-refractivity contribution in [3.63, 3.8) is 0 Å². The molecule has 1 atom stereocenters. The topological polar surface area (TPSA) is 100 Å². The first-order chi connectivity index (χ1) is 17.0. The Hall–Kier alpha value is -3.90. The second-order valence-corrected chi connectivity index (χ2v) is 8.64. The van der Waals surface area contributed by atoms with Gasteiger partial charge in [0.25, 0.3) is 5.88 Å². The number of hydrogen-bond donors (Lipinski definition) is 0. The van der Waals surface area contributed by atoms with Crippen LogP contribution in [0.15, 0.2) is 24.4 Å². The number of ketones is 1. The molecule has 0 aliphatic carbocycles. The number of Topliss-reactive ketones (excluding diaryl/α,β-unsaturated/α-hetero) is 1. The molecule has 0 amide bonds. The molecule has 0 bridgehead atoms. The molecular weight excluding hydrogens is 482 g/mol. The van der Waals surface area contributed by atoms with E-state index in [2.05, 4.69) is 25.4 Å². The summed E-state index contributed by atoms with van der Waals surface area (Å²) < 4.78 is 61.1. The van der Waals surface area contributed by atoms with Gasteiger partial charge in [0, 0.05) is 18.0 Å². The van der Waals surface area contributed by atoms with E-state index < -0.39 is 30.2 Å². The number of benzene rings is 1. The van der Waals surface area contributed by atoms with Gasteiger partial charge in [-0.25, -0.2) is 18.7 Å². The zero-order valence-corrected chi connectivity index (χ0v) is 20.0. The van der Waals surface area contributed by atoms with Crippen molar-refractivity contribution in [2.24, 2.45) is 0 Å². The van der Waals surface area contributed by atoms with Gasteiger partial charge in [0.05, 0.1) is 17.0 Å². The molecule has 190 valence electrons. The Balaban J connectivity index is 1.67. The number of hydrogen-bond acceptors (Lipinski definition) is 7. The van der Waals surface area contributed by atoms with Crippen LogP contribution in [-0.2, 0) is 12.0 Å². The summed E-state index contributed by atoms with van der Waals surface area (Å²) in [4.78, 5) is 22.4. The number of fused-ring (bicyclic) bond motifs is 1. The van der Waals surface area contributed by atoms with Gasteiger partial charge in [-0.2, -0.15) is 8.78 Å². The molecule has 36 heavy (non-hydrogen) atoms. The standard InChI is InChI=1S/C23H23F4N7O2/c1-5-23(4,21-30-32-34(31-21)22(26)27)9-17(35)18-13(3)29-19-20(28-12(2)10-33(18)19)36-11-14-15(24)7-6-8-16(14)25/h6-8,10,22H,5,9,11H2,1-4H3. The Labute approximate surface area is 203 Å². The van der Waals surface area contributed by atoms with Crippen LogP contribution in [0.25, 0.3) is 5.65 Å². The third-order valence-electron chi connectivity index (χ3n) is 6.02. The van der Waals surface area contributed by atoms with Gasteiger partial charge in [-0.15, -0.1) is 10.2 Å². The number of imidazole rings is 1. The van der Waals surface area contributed by atoms with Crippen molar-refractivity contribution in [3.8, 4) is 5.88 Å². The minimum atomic E-state index is -2.95. The van der Waals surface area contributed by atoms with Crippen molar-refractivity contribution in [1.82, 2.24) is 34.6 Å². The predicted octanol–water partition coefficient (Wildman–Crippen LogP) is 4.53. The molecule has 3 heterocycles. The SMILES string of the molecule is CCC(C)(CC(=O)c1c(C)nc2c(OCc3c(F)cccc3F)nc(C)cn12)c1nnn(C(F)F)n1. The van der Waals surface area contributed by atoms with Crippen molar-refractivity contribution >= 4 is 11.4 Å². The number of carbonyl (C=O) groups excluding carboxylic acids is 1. The van der Waals surface area contributed by atoms with Crippen LogP contribution in [0.5, 0.6) is 5.88 Å². The summed E-state index contributed by atoms with van der Waals surface area (Å²) in [5, 5.41) is 10.8. The Morgan fingerprint density at radius 2 is 1.86 bits per heavy atom. The first-order valence-corrected chi connectivity index (χ1v) is 11.1. The second-order valence-electron chi connectivity index (χ2n) is 8.64. The molecule has 0 saturated carbocycles. The molecule has 4 aromatic rings. The molecule has 1 unspecified atom stereocenters. The highest BCUT2D eigenvalue weighted by molar-refractivity contribution is 5.97. The van der Waals surface area contributed by atoms with Crippen LogP contribution < -0.4 is 4.74 Å². The number of halogens is 4. The molecule has 3 aromatic heterocycles. The fraction of sp³-hybridized carbons (Fsp3) is 0.391. The van der Waals surface area contributed by atoms with Crippen molar-refractivity contribution in [2.75, 3.05) is 0 Å². The van der Waals surface area contributed by atoms with E-state index in [0.29, 0.717) is 17.8 Å². The van der Waals surface area contributed by atoms with E-state index >= 15 is 0 Å². The van der Waals surface area contributed by atoms with Gasteiger partial charge < -0.3 is 4.74 Å². The van der Waals surface area contributed by atoms with Crippen molar-refractivity contribution in [3.05, 3.63) is 64.5 Å². The third kappa shape index (κ3) is 4.64. The van der Waals surface area contributed by atoms with E-state index in [1.165, 1.54) is 10.5 Å². The normalized spacial score (nSPS) is 13.4. The summed E-state index contributed by atoms with van der Waals surface area (Å²) in [5.74, 6) is -1.83. The molecule has 1 aromatic carbocycles. The molecule has 0 radical (unpaired) electrons. The predicted molar refractivity (Wildman–Crippen MR) is 119 cm³/mol. The Bertz CT molecular complexity index is 1420. The van der Waals surface area contributed by atoms with E-state index in [9.17, 15) is 22.4 Å². The van der Waals surface area contributed by atoms with Gasteiger partial charge in [-0.05, 0) is 37.6 Å². The van der Waals surface area contributed by atoms with Gasteiger partial charge in [-0.3, -0.25) is 9.20 Å². The molecule has 0 aliphatic rings. The number of aryl methyl sites for hydroxylation is 2. The van der Waals surface area contributed by atoms with Crippen LogP contribution in [0.3, 0.4) is 0 Å². The summed E-state index contributed by atoms with van der Waals surface area (Å²) in [6.45, 7) is 3.40. The Kier molecular flexibility index (Phi) is 6.74.